The number of pyridine rings is 1. The van der Waals surface area contributed by atoms with Crippen LogP contribution in [0.4, 0.5) is 16.8 Å². The Morgan fingerprint density at radius 3 is 2.66 bits per heavy atom. The van der Waals surface area contributed by atoms with Crippen LogP contribution in [0.1, 0.15) is 40.6 Å². The van der Waals surface area contributed by atoms with Gasteiger partial charge in [0.1, 0.15) is 5.01 Å². The fraction of sp³-hybridized carbons (Fsp3) is 0.296. The lowest BCUT2D eigenvalue weighted by Gasteiger charge is -2.32. The van der Waals surface area contributed by atoms with Crippen molar-refractivity contribution in [3.8, 4) is 0 Å². The number of carbonyl (C=O) groups excluding carboxylic acids is 2. The summed E-state index contributed by atoms with van der Waals surface area (Å²) < 4.78 is 0. The molecule has 0 bridgehead atoms. The van der Waals surface area contributed by atoms with Crippen molar-refractivity contribution in [3.05, 3.63) is 82.6 Å². The maximum atomic E-state index is 12.4. The summed E-state index contributed by atoms with van der Waals surface area (Å²) in [5.74, 6) is 1.06. The Morgan fingerprint density at radius 1 is 0.974 bits per heavy atom. The average Bonchev–Trinajstić information content (AvgIpc) is 3.38. The predicted molar refractivity (Wildman–Crippen MR) is 146 cm³/mol. The molecule has 1 atom stereocenters. The molecule has 0 saturated carbocycles. The van der Waals surface area contributed by atoms with E-state index in [1.807, 2.05) is 55.5 Å². The largest absolute Gasteiger partial charge is 0.354 e. The summed E-state index contributed by atoms with van der Waals surface area (Å²) in [6.07, 6.45) is 4.09. The second-order valence-electron chi connectivity index (χ2n) is 9.27. The monoisotopic (exact) mass is 528 g/mol. The number of piperidine rings is 1. The van der Waals surface area contributed by atoms with Crippen molar-refractivity contribution >= 4 is 39.9 Å². The van der Waals surface area contributed by atoms with E-state index in [1.165, 1.54) is 11.3 Å². The zero-order valence-corrected chi connectivity index (χ0v) is 21.8. The molecular weight excluding hydrogens is 500 g/mol. The van der Waals surface area contributed by atoms with Crippen LogP contribution in [0, 0.1) is 6.92 Å². The van der Waals surface area contributed by atoms with E-state index in [0.29, 0.717) is 16.6 Å². The molecule has 5 rings (SSSR count). The molecule has 1 fully saturated rings. The van der Waals surface area contributed by atoms with Gasteiger partial charge in [-0.15, -0.1) is 20.4 Å². The maximum Gasteiger partial charge on any atom is 0.232 e. The van der Waals surface area contributed by atoms with Gasteiger partial charge in [-0.25, -0.2) is 0 Å². The third-order valence-corrected chi connectivity index (χ3v) is 7.22. The number of anilines is 3. The summed E-state index contributed by atoms with van der Waals surface area (Å²) in [6.45, 7) is 3.59. The normalized spacial score (nSPS) is 15.2. The number of nitrogens with zero attached hydrogens (tertiary/aromatic N) is 6. The lowest BCUT2D eigenvalue weighted by atomic mass is 9.99. The van der Waals surface area contributed by atoms with Crippen LogP contribution in [0.15, 0.2) is 60.8 Å². The second kappa shape index (κ2) is 11.9. The molecule has 2 amide bonds. The highest BCUT2D eigenvalue weighted by atomic mass is 32.1. The Kier molecular flexibility index (Phi) is 7.93. The maximum absolute atomic E-state index is 12.4. The first-order valence-corrected chi connectivity index (χ1v) is 13.3. The molecule has 1 saturated heterocycles. The minimum Gasteiger partial charge on any atom is -0.354 e. The average molecular weight is 529 g/mol. The third-order valence-electron chi connectivity index (χ3n) is 6.21. The summed E-state index contributed by atoms with van der Waals surface area (Å²) in [6, 6.07) is 17.0. The van der Waals surface area contributed by atoms with Gasteiger partial charge < -0.3 is 15.5 Å². The SMILES string of the molecule is Cc1cccc(CC(=O)Nc2ccc(N3CCCC(c4nnc(NC(=O)Cc5ccccn5)s4)C3)nn2)c1. The van der Waals surface area contributed by atoms with Gasteiger partial charge in [-0.1, -0.05) is 47.2 Å². The van der Waals surface area contributed by atoms with E-state index in [-0.39, 0.29) is 30.6 Å². The molecule has 38 heavy (non-hydrogen) atoms. The van der Waals surface area contributed by atoms with Gasteiger partial charge in [-0.2, -0.15) is 0 Å². The lowest BCUT2D eigenvalue weighted by Crippen LogP contribution is -2.35. The molecular formula is C27H28N8O2S. The first-order valence-electron chi connectivity index (χ1n) is 12.5. The van der Waals surface area contributed by atoms with E-state index < -0.39 is 0 Å². The quantitative estimate of drug-likeness (QED) is 0.354. The van der Waals surface area contributed by atoms with Crippen LogP contribution in [-0.2, 0) is 22.4 Å². The highest BCUT2D eigenvalue weighted by Gasteiger charge is 2.26. The summed E-state index contributed by atoms with van der Waals surface area (Å²) in [7, 11) is 0. The molecule has 3 aromatic heterocycles. The molecule has 1 aromatic carbocycles. The highest BCUT2D eigenvalue weighted by Crippen LogP contribution is 2.32. The van der Waals surface area contributed by atoms with Crippen LogP contribution < -0.4 is 15.5 Å². The third kappa shape index (κ3) is 6.74. The second-order valence-corrected chi connectivity index (χ2v) is 10.3. The van der Waals surface area contributed by atoms with Crippen molar-refractivity contribution < 1.29 is 9.59 Å². The number of amides is 2. The van der Waals surface area contributed by atoms with Gasteiger partial charge in [-0.3, -0.25) is 14.6 Å². The predicted octanol–water partition coefficient (Wildman–Crippen LogP) is 3.78. The van der Waals surface area contributed by atoms with E-state index >= 15 is 0 Å². The zero-order chi connectivity index (χ0) is 26.3. The smallest absolute Gasteiger partial charge is 0.232 e. The van der Waals surface area contributed by atoms with Crippen LogP contribution in [0.25, 0.3) is 0 Å². The number of benzene rings is 1. The van der Waals surface area contributed by atoms with E-state index in [0.717, 1.165) is 47.9 Å². The molecule has 1 unspecified atom stereocenters. The Balaban J connectivity index is 1.15. The Labute approximate surface area is 224 Å². The molecule has 4 heterocycles. The van der Waals surface area contributed by atoms with Crippen LogP contribution in [0.2, 0.25) is 0 Å². The van der Waals surface area contributed by atoms with Crippen molar-refractivity contribution in [2.75, 3.05) is 28.6 Å². The molecule has 11 heteroatoms. The summed E-state index contributed by atoms with van der Waals surface area (Å²) >= 11 is 1.40. The number of aryl methyl sites for hydroxylation is 1. The lowest BCUT2D eigenvalue weighted by molar-refractivity contribution is -0.116. The van der Waals surface area contributed by atoms with E-state index in [4.69, 9.17) is 0 Å². The number of aromatic nitrogens is 5. The molecule has 4 aromatic rings. The first kappa shape index (κ1) is 25.4. The van der Waals surface area contributed by atoms with Crippen LogP contribution in [0.5, 0.6) is 0 Å². The number of hydrogen-bond acceptors (Lipinski definition) is 9. The van der Waals surface area contributed by atoms with Gasteiger partial charge in [0.15, 0.2) is 11.6 Å². The number of carbonyl (C=O) groups is 2. The molecule has 2 N–H and O–H groups in total. The number of hydrogen-bond donors (Lipinski definition) is 2. The van der Waals surface area contributed by atoms with Gasteiger partial charge in [0.05, 0.1) is 12.8 Å². The van der Waals surface area contributed by atoms with Crippen LogP contribution in [-0.4, -0.2) is 50.3 Å². The van der Waals surface area contributed by atoms with Crippen LogP contribution >= 0.6 is 11.3 Å². The van der Waals surface area contributed by atoms with Crippen molar-refractivity contribution in [1.29, 1.82) is 0 Å². The standard InChI is InChI=1S/C27H28N8O2S/c1-18-6-4-7-19(14-18)15-24(36)29-22-10-11-23(32-31-22)35-13-5-8-20(17-35)26-33-34-27(38-26)30-25(37)16-21-9-2-3-12-28-21/h2-4,6-7,9-12,14,20H,5,8,13,15-17H2,1H3,(H,29,31,36)(H,30,34,37). The topological polar surface area (TPSA) is 126 Å². The summed E-state index contributed by atoms with van der Waals surface area (Å²) in [5, 5.41) is 24.1. The Bertz CT molecular complexity index is 1390. The van der Waals surface area contributed by atoms with E-state index in [9.17, 15) is 9.59 Å². The molecule has 1 aliphatic rings. The molecule has 10 nitrogen and oxygen atoms in total. The molecule has 194 valence electrons. The van der Waals surface area contributed by atoms with E-state index in [2.05, 4.69) is 40.9 Å². The zero-order valence-electron chi connectivity index (χ0n) is 21.0. The van der Waals surface area contributed by atoms with Gasteiger partial charge >= 0.3 is 0 Å². The molecule has 1 aliphatic heterocycles. The summed E-state index contributed by atoms with van der Waals surface area (Å²) in [4.78, 5) is 31.1. The van der Waals surface area contributed by atoms with Crippen LogP contribution in [0.3, 0.4) is 0 Å². The van der Waals surface area contributed by atoms with Gasteiger partial charge in [0, 0.05) is 30.9 Å². The van der Waals surface area contributed by atoms with Crippen molar-refractivity contribution in [1.82, 2.24) is 25.4 Å². The van der Waals surface area contributed by atoms with Crippen molar-refractivity contribution in [3.63, 3.8) is 0 Å². The minimum absolute atomic E-state index is 0.130. The minimum atomic E-state index is -0.169. The molecule has 0 radical (unpaired) electrons. The Morgan fingerprint density at radius 2 is 1.87 bits per heavy atom. The molecule has 0 spiro atoms. The van der Waals surface area contributed by atoms with E-state index in [1.54, 1.807) is 12.3 Å². The van der Waals surface area contributed by atoms with Gasteiger partial charge in [-0.05, 0) is 49.6 Å². The number of rotatable bonds is 8. The van der Waals surface area contributed by atoms with Gasteiger partial charge in [0.2, 0.25) is 16.9 Å². The fourth-order valence-electron chi connectivity index (χ4n) is 4.42. The molecule has 0 aliphatic carbocycles. The fourth-order valence-corrected chi connectivity index (χ4v) is 5.31. The van der Waals surface area contributed by atoms with Crippen molar-refractivity contribution in [2.24, 2.45) is 0 Å². The highest BCUT2D eigenvalue weighted by molar-refractivity contribution is 7.15. The first-order chi connectivity index (χ1) is 18.5. The number of nitrogens with one attached hydrogen (secondary N) is 2. The Hall–Kier alpha value is -4.25. The van der Waals surface area contributed by atoms with Crippen molar-refractivity contribution in [2.45, 2.75) is 38.5 Å². The summed E-state index contributed by atoms with van der Waals surface area (Å²) in [5.41, 5.74) is 2.78. The van der Waals surface area contributed by atoms with Gasteiger partial charge in [0.25, 0.3) is 0 Å².